The minimum absolute atomic E-state index is 0.0376. The molecule has 1 amide bonds. The third-order valence-electron chi connectivity index (χ3n) is 5.31. The van der Waals surface area contributed by atoms with Gasteiger partial charge in [0.05, 0.1) is 0 Å². The average Bonchev–Trinajstić information content (AvgIpc) is 3.20. The molecule has 3 atom stereocenters. The standard InChI is InChI=1S/C19H20N2O4/c22-18(10-9-17-20-13-6-2-4-8-16(13)25-17)21-14-7-3-1-5-12(14)11-15(21)19(23)24/h2,4,6,8-10,12,14-15H,1,3,5,7,11H2,(H,23,24). The van der Waals surface area contributed by atoms with E-state index in [2.05, 4.69) is 4.98 Å². The van der Waals surface area contributed by atoms with E-state index < -0.39 is 12.0 Å². The van der Waals surface area contributed by atoms with E-state index in [0.717, 1.165) is 31.2 Å². The summed E-state index contributed by atoms with van der Waals surface area (Å²) in [5, 5.41) is 9.51. The zero-order chi connectivity index (χ0) is 17.4. The summed E-state index contributed by atoms with van der Waals surface area (Å²) in [5.41, 5.74) is 1.39. The second-order valence-electron chi connectivity index (χ2n) is 6.80. The number of nitrogens with zero attached hydrogens (tertiary/aromatic N) is 2. The minimum Gasteiger partial charge on any atom is -0.480 e. The monoisotopic (exact) mass is 340 g/mol. The van der Waals surface area contributed by atoms with Crippen LogP contribution < -0.4 is 0 Å². The van der Waals surface area contributed by atoms with Crippen molar-refractivity contribution >= 4 is 29.1 Å². The van der Waals surface area contributed by atoms with Crippen molar-refractivity contribution in [3.63, 3.8) is 0 Å². The number of para-hydroxylation sites is 2. The zero-order valence-electron chi connectivity index (χ0n) is 13.8. The van der Waals surface area contributed by atoms with E-state index in [1.807, 2.05) is 24.3 Å². The van der Waals surface area contributed by atoms with Crippen LogP contribution in [0.1, 0.15) is 38.0 Å². The van der Waals surface area contributed by atoms with Gasteiger partial charge in [0.15, 0.2) is 5.58 Å². The molecule has 0 radical (unpaired) electrons. The number of hydrogen-bond donors (Lipinski definition) is 1. The topological polar surface area (TPSA) is 83.6 Å². The highest BCUT2D eigenvalue weighted by atomic mass is 16.4. The average molecular weight is 340 g/mol. The van der Waals surface area contributed by atoms with Crippen molar-refractivity contribution in [2.75, 3.05) is 0 Å². The molecule has 1 aliphatic carbocycles. The molecule has 1 aromatic carbocycles. The van der Waals surface area contributed by atoms with Crippen LogP contribution in [0.4, 0.5) is 0 Å². The smallest absolute Gasteiger partial charge is 0.326 e. The van der Waals surface area contributed by atoms with Crippen LogP contribution in [0.2, 0.25) is 0 Å². The first-order chi connectivity index (χ1) is 12.1. The number of aromatic nitrogens is 1. The van der Waals surface area contributed by atoms with Crippen LogP contribution in [0.15, 0.2) is 34.8 Å². The van der Waals surface area contributed by atoms with Gasteiger partial charge in [-0.3, -0.25) is 4.79 Å². The Balaban J connectivity index is 1.56. The fourth-order valence-corrected chi connectivity index (χ4v) is 4.19. The maximum Gasteiger partial charge on any atom is 0.326 e. The minimum atomic E-state index is -0.919. The predicted molar refractivity (Wildman–Crippen MR) is 91.7 cm³/mol. The van der Waals surface area contributed by atoms with Crippen LogP contribution in [-0.4, -0.2) is 39.0 Å². The molecule has 6 nitrogen and oxygen atoms in total. The molecular formula is C19H20N2O4. The molecule has 0 spiro atoms. The first-order valence-electron chi connectivity index (χ1n) is 8.72. The van der Waals surface area contributed by atoms with E-state index in [1.165, 1.54) is 12.2 Å². The summed E-state index contributed by atoms with van der Waals surface area (Å²) in [7, 11) is 0. The summed E-state index contributed by atoms with van der Waals surface area (Å²) < 4.78 is 5.58. The maximum atomic E-state index is 12.7. The van der Waals surface area contributed by atoms with Gasteiger partial charge in [-0.1, -0.05) is 25.0 Å². The van der Waals surface area contributed by atoms with Gasteiger partial charge in [0, 0.05) is 18.2 Å². The highest BCUT2D eigenvalue weighted by molar-refractivity contribution is 5.95. The summed E-state index contributed by atoms with van der Waals surface area (Å²) >= 11 is 0. The van der Waals surface area contributed by atoms with Crippen LogP contribution in [0.3, 0.4) is 0 Å². The molecule has 3 unspecified atom stereocenters. The number of carbonyl (C=O) groups is 2. The molecule has 6 heteroatoms. The molecule has 0 bridgehead atoms. The number of likely N-dealkylation sites (tertiary alicyclic amines) is 1. The lowest BCUT2D eigenvalue weighted by Gasteiger charge is -2.32. The van der Waals surface area contributed by atoms with Gasteiger partial charge in [0.2, 0.25) is 11.8 Å². The molecule has 1 saturated heterocycles. The second kappa shape index (κ2) is 6.35. The zero-order valence-corrected chi connectivity index (χ0v) is 13.8. The van der Waals surface area contributed by atoms with Gasteiger partial charge in [-0.05, 0) is 37.3 Å². The first kappa shape index (κ1) is 15.9. The Morgan fingerprint density at radius 2 is 2.04 bits per heavy atom. The quantitative estimate of drug-likeness (QED) is 0.868. The summed E-state index contributed by atoms with van der Waals surface area (Å²) in [5.74, 6) is -0.542. The van der Waals surface area contributed by atoms with Gasteiger partial charge in [-0.2, -0.15) is 0 Å². The summed E-state index contributed by atoms with van der Waals surface area (Å²) in [4.78, 5) is 30.2. The maximum absolute atomic E-state index is 12.7. The largest absolute Gasteiger partial charge is 0.480 e. The van der Waals surface area contributed by atoms with Crippen molar-refractivity contribution in [2.45, 2.75) is 44.2 Å². The molecule has 25 heavy (non-hydrogen) atoms. The molecule has 1 aliphatic heterocycles. The number of aliphatic carboxylic acids is 1. The van der Waals surface area contributed by atoms with Gasteiger partial charge in [0.1, 0.15) is 11.6 Å². The van der Waals surface area contributed by atoms with Gasteiger partial charge in [0.25, 0.3) is 0 Å². The third kappa shape index (κ3) is 2.92. The highest BCUT2D eigenvalue weighted by Crippen LogP contribution is 2.40. The summed E-state index contributed by atoms with van der Waals surface area (Å²) in [6, 6.07) is 6.69. The van der Waals surface area contributed by atoms with Crippen molar-refractivity contribution in [3.05, 3.63) is 36.2 Å². The lowest BCUT2D eigenvalue weighted by Crippen LogP contribution is -2.45. The normalized spacial score (nSPS) is 26.2. The lowest BCUT2D eigenvalue weighted by molar-refractivity contribution is -0.147. The molecule has 2 heterocycles. The molecule has 2 aliphatic rings. The Bertz CT molecular complexity index is 808. The van der Waals surface area contributed by atoms with Crippen LogP contribution in [0.25, 0.3) is 17.2 Å². The highest BCUT2D eigenvalue weighted by Gasteiger charge is 2.46. The Morgan fingerprint density at radius 3 is 2.84 bits per heavy atom. The number of carboxylic acid groups (broad SMARTS) is 1. The Morgan fingerprint density at radius 1 is 1.24 bits per heavy atom. The molecular weight excluding hydrogens is 320 g/mol. The second-order valence-corrected chi connectivity index (χ2v) is 6.80. The van der Waals surface area contributed by atoms with E-state index in [0.29, 0.717) is 23.8 Å². The number of oxazole rings is 1. The number of carboxylic acids is 1. The molecule has 130 valence electrons. The van der Waals surface area contributed by atoms with Crippen molar-refractivity contribution in [1.29, 1.82) is 0 Å². The van der Waals surface area contributed by atoms with E-state index in [1.54, 1.807) is 4.90 Å². The first-order valence-corrected chi connectivity index (χ1v) is 8.72. The Labute approximate surface area is 145 Å². The molecule has 4 rings (SSSR count). The fraction of sp³-hybridized carbons (Fsp3) is 0.421. The molecule has 1 saturated carbocycles. The van der Waals surface area contributed by atoms with Crippen LogP contribution >= 0.6 is 0 Å². The Hall–Kier alpha value is -2.63. The van der Waals surface area contributed by atoms with E-state index >= 15 is 0 Å². The van der Waals surface area contributed by atoms with E-state index in [4.69, 9.17) is 4.42 Å². The predicted octanol–water partition coefficient (Wildman–Crippen LogP) is 3.09. The van der Waals surface area contributed by atoms with Crippen molar-refractivity contribution in [1.82, 2.24) is 9.88 Å². The van der Waals surface area contributed by atoms with Crippen molar-refractivity contribution < 1.29 is 19.1 Å². The number of hydrogen-bond acceptors (Lipinski definition) is 4. The summed E-state index contributed by atoms with van der Waals surface area (Å²) in [6.07, 6.45) is 7.53. The number of benzene rings is 1. The van der Waals surface area contributed by atoms with Gasteiger partial charge in [-0.25, -0.2) is 9.78 Å². The van der Waals surface area contributed by atoms with Crippen molar-refractivity contribution in [2.24, 2.45) is 5.92 Å². The summed E-state index contributed by atoms with van der Waals surface area (Å²) in [6.45, 7) is 0. The Kier molecular flexibility index (Phi) is 4.03. The number of fused-ring (bicyclic) bond motifs is 2. The molecule has 1 aromatic heterocycles. The SMILES string of the molecule is O=C(O)C1CC2CCCCC2N1C(=O)C=Cc1nc2ccccc2o1. The van der Waals surface area contributed by atoms with Crippen molar-refractivity contribution in [3.8, 4) is 0 Å². The lowest BCUT2D eigenvalue weighted by atomic mass is 9.85. The number of carbonyl (C=O) groups excluding carboxylic acids is 1. The van der Waals surface area contributed by atoms with E-state index in [9.17, 15) is 14.7 Å². The van der Waals surface area contributed by atoms with Gasteiger partial charge in [-0.15, -0.1) is 0 Å². The molecule has 2 fully saturated rings. The van der Waals surface area contributed by atoms with Crippen LogP contribution in [0.5, 0.6) is 0 Å². The molecule has 2 aromatic rings. The molecule has 1 N–H and O–H groups in total. The number of amides is 1. The van der Waals surface area contributed by atoms with E-state index in [-0.39, 0.29) is 11.9 Å². The third-order valence-corrected chi connectivity index (χ3v) is 5.31. The van der Waals surface area contributed by atoms with Gasteiger partial charge >= 0.3 is 5.97 Å². The van der Waals surface area contributed by atoms with Crippen LogP contribution in [0, 0.1) is 5.92 Å². The van der Waals surface area contributed by atoms with Gasteiger partial charge < -0.3 is 14.4 Å². The fourth-order valence-electron chi connectivity index (χ4n) is 4.19. The van der Waals surface area contributed by atoms with Crippen LogP contribution in [-0.2, 0) is 9.59 Å². The number of rotatable bonds is 3.